The molecule has 0 aliphatic rings. The average molecular weight is 785 g/mol. The van der Waals surface area contributed by atoms with Crippen molar-refractivity contribution in [3.05, 3.63) is 119 Å². The molecule has 0 atom stereocenters. The molecule has 7 aromatic rings. The molecule has 0 aliphatic heterocycles. The van der Waals surface area contributed by atoms with E-state index in [9.17, 15) is 15.3 Å². The van der Waals surface area contributed by atoms with Crippen molar-refractivity contribution in [2.75, 3.05) is 29.4 Å². The Labute approximate surface area is 331 Å². The van der Waals surface area contributed by atoms with Gasteiger partial charge in [0.1, 0.15) is 29.6 Å². The lowest BCUT2D eigenvalue weighted by Crippen LogP contribution is -2.09. The molecule has 0 amide bonds. The summed E-state index contributed by atoms with van der Waals surface area (Å²) in [5, 5.41) is 70.7. The normalized spacial score (nSPS) is 11.5. The van der Waals surface area contributed by atoms with Crippen LogP contribution in [0.2, 0.25) is 5.28 Å². The van der Waals surface area contributed by atoms with Crippen molar-refractivity contribution in [2.45, 2.75) is 27.4 Å². The van der Waals surface area contributed by atoms with Gasteiger partial charge in [-0.25, -0.2) is 0 Å². The standard InChI is InChI=1S/C41H37ClN10O5/c1-22-12-23(2)32-10-7-30(16-25(32)13-22)49-50-34-18-36(55)35(17-27(34)19-53)51-52-37-24(3)14-26-15-29(6-11-33(26)38(37)56)44-21-57-31-8-4-28(5-9-31)45-41-47-39(42)46-40(48-41)43-20-54/h4-18,44,53-56H,19-21H2,1-3H3,(H2,43,45,46,47,48). The number of phenolic OH excluding ortho intramolecular Hbond substituents is 2. The van der Waals surface area contributed by atoms with E-state index in [1.165, 1.54) is 17.7 Å². The Balaban J connectivity index is 1.00. The molecule has 0 fully saturated rings. The molecular weight excluding hydrogens is 748 g/mol. The van der Waals surface area contributed by atoms with Crippen molar-refractivity contribution < 1.29 is 25.2 Å². The van der Waals surface area contributed by atoms with E-state index in [-0.39, 0.29) is 65.8 Å². The molecule has 0 saturated carbocycles. The molecule has 0 aliphatic carbocycles. The molecule has 288 valence electrons. The predicted octanol–water partition coefficient (Wildman–Crippen LogP) is 10.0. The van der Waals surface area contributed by atoms with Crippen LogP contribution in [-0.4, -0.2) is 48.8 Å². The van der Waals surface area contributed by atoms with Gasteiger partial charge in [-0.2, -0.15) is 25.2 Å². The zero-order valence-corrected chi connectivity index (χ0v) is 31.7. The predicted molar refractivity (Wildman–Crippen MR) is 221 cm³/mol. The Hall–Kier alpha value is -6.94. The maximum Gasteiger partial charge on any atom is 0.233 e. The Morgan fingerprint density at radius 3 is 2.19 bits per heavy atom. The number of aromatic nitrogens is 3. The molecule has 57 heavy (non-hydrogen) atoms. The number of benzene rings is 6. The number of aryl methyl sites for hydroxylation is 3. The maximum absolute atomic E-state index is 11.2. The minimum absolute atomic E-state index is 0.0282. The van der Waals surface area contributed by atoms with E-state index in [0.717, 1.165) is 27.4 Å². The summed E-state index contributed by atoms with van der Waals surface area (Å²) < 4.78 is 5.86. The first-order valence-corrected chi connectivity index (χ1v) is 18.0. The Morgan fingerprint density at radius 1 is 0.667 bits per heavy atom. The fraction of sp³-hybridized carbons (Fsp3) is 0.146. The molecule has 7 N–H and O–H groups in total. The number of hydrogen-bond acceptors (Lipinski definition) is 15. The van der Waals surface area contributed by atoms with E-state index in [2.05, 4.69) is 70.4 Å². The third kappa shape index (κ3) is 8.97. The number of nitrogens with one attached hydrogen (secondary N) is 3. The van der Waals surface area contributed by atoms with Crippen LogP contribution in [0.3, 0.4) is 0 Å². The molecule has 16 heteroatoms. The number of ether oxygens (including phenoxy) is 1. The van der Waals surface area contributed by atoms with Crippen molar-refractivity contribution in [3.8, 4) is 17.2 Å². The van der Waals surface area contributed by atoms with Gasteiger partial charge >= 0.3 is 0 Å². The summed E-state index contributed by atoms with van der Waals surface area (Å²) in [7, 11) is 0. The van der Waals surface area contributed by atoms with Gasteiger partial charge in [0.05, 0.1) is 18.0 Å². The minimum atomic E-state index is -0.371. The fourth-order valence-corrected chi connectivity index (χ4v) is 6.35. The summed E-state index contributed by atoms with van der Waals surface area (Å²) in [6.07, 6.45) is 0. The van der Waals surface area contributed by atoms with E-state index < -0.39 is 0 Å². The first-order valence-electron chi connectivity index (χ1n) is 17.6. The molecule has 15 nitrogen and oxygen atoms in total. The average Bonchev–Trinajstić information content (AvgIpc) is 3.18. The molecule has 6 aromatic carbocycles. The first-order chi connectivity index (χ1) is 27.6. The van der Waals surface area contributed by atoms with Gasteiger partial charge in [-0.3, -0.25) is 0 Å². The number of phenols is 2. The van der Waals surface area contributed by atoms with E-state index >= 15 is 0 Å². The molecule has 0 radical (unpaired) electrons. The number of aliphatic hydroxyl groups excluding tert-OH is 2. The highest BCUT2D eigenvalue weighted by atomic mass is 35.5. The molecule has 1 aromatic heterocycles. The molecular formula is C41H37ClN10O5. The summed E-state index contributed by atoms with van der Waals surface area (Å²) in [6, 6.07) is 27.3. The van der Waals surface area contributed by atoms with E-state index in [4.69, 9.17) is 21.4 Å². The second kappa shape index (κ2) is 16.8. The van der Waals surface area contributed by atoms with Crippen LogP contribution in [-0.2, 0) is 6.61 Å². The smallest absolute Gasteiger partial charge is 0.233 e. The minimum Gasteiger partial charge on any atom is -0.506 e. The van der Waals surface area contributed by atoms with Gasteiger partial charge in [0.15, 0.2) is 12.5 Å². The Bertz CT molecular complexity index is 2670. The highest BCUT2D eigenvalue weighted by molar-refractivity contribution is 6.28. The third-order valence-corrected chi connectivity index (χ3v) is 9.08. The number of halogens is 1. The second-order valence-electron chi connectivity index (χ2n) is 13.0. The lowest BCUT2D eigenvalue weighted by molar-refractivity contribution is 0.282. The van der Waals surface area contributed by atoms with Crippen LogP contribution < -0.4 is 20.7 Å². The summed E-state index contributed by atoms with van der Waals surface area (Å²) in [5.41, 5.74) is 6.07. The van der Waals surface area contributed by atoms with Crippen LogP contribution in [0.25, 0.3) is 21.5 Å². The summed E-state index contributed by atoms with van der Waals surface area (Å²) in [6.45, 7) is 5.35. The fourth-order valence-electron chi connectivity index (χ4n) is 6.19. The van der Waals surface area contributed by atoms with Crippen LogP contribution in [0.5, 0.6) is 17.2 Å². The first kappa shape index (κ1) is 38.3. The lowest BCUT2D eigenvalue weighted by Gasteiger charge is -2.12. The molecule has 0 spiro atoms. The highest BCUT2D eigenvalue weighted by Gasteiger charge is 2.14. The molecule has 7 rings (SSSR count). The molecule has 0 bridgehead atoms. The van der Waals surface area contributed by atoms with Gasteiger partial charge in [-0.1, -0.05) is 23.8 Å². The second-order valence-corrected chi connectivity index (χ2v) is 13.4. The van der Waals surface area contributed by atoms with Crippen molar-refractivity contribution in [2.24, 2.45) is 20.5 Å². The Morgan fingerprint density at radius 2 is 1.40 bits per heavy atom. The van der Waals surface area contributed by atoms with Gasteiger partial charge in [0, 0.05) is 28.4 Å². The van der Waals surface area contributed by atoms with E-state index in [1.54, 1.807) is 43.3 Å². The van der Waals surface area contributed by atoms with Gasteiger partial charge in [-0.05, 0) is 126 Å². The van der Waals surface area contributed by atoms with E-state index in [0.29, 0.717) is 33.6 Å². The Kier molecular flexibility index (Phi) is 11.3. The van der Waals surface area contributed by atoms with Gasteiger partial charge in [0.25, 0.3) is 0 Å². The number of aliphatic hydroxyl groups is 2. The van der Waals surface area contributed by atoms with Crippen LogP contribution in [0, 0.1) is 20.8 Å². The number of nitrogens with zero attached hydrogens (tertiary/aromatic N) is 7. The highest BCUT2D eigenvalue weighted by Crippen LogP contribution is 2.42. The third-order valence-electron chi connectivity index (χ3n) is 8.91. The van der Waals surface area contributed by atoms with Crippen molar-refractivity contribution in [1.82, 2.24) is 15.0 Å². The number of anilines is 4. The molecule has 0 unspecified atom stereocenters. The van der Waals surface area contributed by atoms with Gasteiger partial charge < -0.3 is 41.1 Å². The van der Waals surface area contributed by atoms with Crippen LogP contribution in [0.15, 0.2) is 111 Å². The van der Waals surface area contributed by atoms with Crippen LogP contribution in [0.4, 0.5) is 46.0 Å². The van der Waals surface area contributed by atoms with Crippen LogP contribution >= 0.6 is 11.6 Å². The molecule has 0 saturated heterocycles. The monoisotopic (exact) mass is 784 g/mol. The number of azo groups is 2. The molecule has 1 heterocycles. The number of hydrogen-bond donors (Lipinski definition) is 7. The SMILES string of the molecule is Cc1cc(C)c2ccc(N=Nc3cc(O)c(N=Nc4c(C)cc5cc(NCOc6ccc(Nc7nc(Cl)nc(NCO)n7)cc6)ccc5c4O)cc3CO)cc2c1. The summed E-state index contributed by atoms with van der Waals surface area (Å²) in [4.78, 5) is 12.0. The van der Waals surface area contributed by atoms with Gasteiger partial charge in [-0.15, -0.1) is 10.2 Å². The van der Waals surface area contributed by atoms with Crippen molar-refractivity contribution in [1.29, 1.82) is 0 Å². The van der Waals surface area contributed by atoms with Crippen molar-refractivity contribution >= 4 is 79.2 Å². The van der Waals surface area contributed by atoms with Crippen LogP contribution in [0.1, 0.15) is 22.3 Å². The summed E-state index contributed by atoms with van der Waals surface area (Å²) >= 11 is 5.94. The van der Waals surface area contributed by atoms with E-state index in [1.807, 2.05) is 37.3 Å². The zero-order valence-electron chi connectivity index (χ0n) is 31.0. The topological polar surface area (TPSA) is 214 Å². The number of aromatic hydroxyl groups is 2. The summed E-state index contributed by atoms with van der Waals surface area (Å²) in [5.74, 6) is 0.665. The lowest BCUT2D eigenvalue weighted by atomic mass is 10.0. The number of fused-ring (bicyclic) bond motifs is 2. The van der Waals surface area contributed by atoms with Crippen molar-refractivity contribution in [3.63, 3.8) is 0 Å². The quantitative estimate of drug-likeness (QED) is 0.0431. The zero-order chi connectivity index (χ0) is 40.1. The largest absolute Gasteiger partial charge is 0.506 e. The maximum atomic E-state index is 11.2. The number of rotatable bonds is 13. The van der Waals surface area contributed by atoms with Gasteiger partial charge in [0.2, 0.25) is 17.2 Å².